The van der Waals surface area contributed by atoms with Crippen LogP contribution in [0.5, 0.6) is 0 Å². The van der Waals surface area contributed by atoms with Gasteiger partial charge in [-0.15, -0.1) is 0 Å². The molecule has 0 heterocycles. The third-order valence-corrected chi connectivity index (χ3v) is 5.93. The molecule has 0 unspecified atom stereocenters. The molecule has 0 fully saturated rings. The standard InChI is InChI=1S/C26H40ClNO5/c1-4-5-6-7-9-13-22(32-3)14-10-8-11-17-25(30)28-19-21(18-27)23-15-12-16-24(26(23)31)33-20(2)29/h8,10,15,18,22,24H,4-7,9,11-14,16-17,19H2,1-3H3,(H,28,30)/b10-8-,21-18-/t22-,24+/m0/s1. The van der Waals surface area contributed by atoms with Crippen LogP contribution in [-0.4, -0.2) is 43.5 Å². The number of hydrogen-bond acceptors (Lipinski definition) is 5. The Morgan fingerprint density at radius 2 is 2.00 bits per heavy atom. The topological polar surface area (TPSA) is 81.7 Å². The highest BCUT2D eigenvalue weighted by molar-refractivity contribution is 6.26. The number of Topliss-reactive ketones (excluding diaryl/α,β-unsaturated/α-hetero) is 1. The van der Waals surface area contributed by atoms with Crippen LogP contribution in [0.1, 0.15) is 84.5 Å². The predicted octanol–water partition coefficient (Wildman–Crippen LogP) is 5.55. The maximum Gasteiger partial charge on any atom is 0.303 e. The molecule has 1 N–H and O–H groups in total. The molecule has 186 valence electrons. The Morgan fingerprint density at radius 3 is 2.67 bits per heavy atom. The first kappa shape index (κ1) is 29.1. The summed E-state index contributed by atoms with van der Waals surface area (Å²) in [5.74, 6) is -0.884. The van der Waals surface area contributed by atoms with Gasteiger partial charge in [-0.2, -0.15) is 0 Å². The maximum absolute atomic E-state index is 12.6. The molecular formula is C26H40ClNO5. The van der Waals surface area contributed by atoms with E-state index in [0.29, 0.717) is 36.8 Å². The van der Waals surface area contributed by atoms with Crippen LogP contribution in [0.4, 0.5) is 0 Å². The van der Waals surface area contributed by atoms with Crippen molar-refractivity contribution >= 4 is 29.3 Å². The summed E-state index contributed by atoms with van der Waals surface area (Å²) in [5.41, 5.74) is 2.22. The molecule has 0 aromatic heterocycles. The van der Waals surface area contributed by atoms with Crippen molar-refractivity contribution in [2.75, 3.05) is 13.7 Å². The van der Waals surface area contributed by atoms with Gasteiger partial charge in [0.05, 0.1) is 6.10 Å². The van der Waals surface area contributed by atoms with Gasteiger partial charge in [0.1, 0.15) is 0 Å². The van der Waals surface area contributed by atoms with Crippen molar-refractivity contribution in [1.29, 1.82) is 0 Å². The molecule has 0 saturated heterocycles. The molecule has 33 heavy (non-hydrogen) atoms. The van der Waals surface area contributed by atoms with Crippen LogP contribution < -0.4 is 5.32 Å². The Balaban J connectivity index is 2.34. The van der Waals surface area contributed by atoms with Crippen molar-refractivity contribution in [3.63, 3.8) is 0 Å². The van der Waals surface area contributed by atoms with Crippen LogP contribution in [0.25, 0.3) is 0 Å². The van der Waals surface area contributed by atoms with E-state index in [4.69, 9.17) is 21.1 Å². The van der Waals surface area contributed by atoms with Crippen LogP contribution in [-0.2, 0) is 23.9 Å². The molecule has 0 radical (unpaired) electrons. The van der Waals surface area contributed by atoms with Gasteiger partial charge in [-0.3, -0.25) is 14.4 Å². The first-order chi connectivity index (χ1) is 15.9. The van der Waals surface area contributed by atoms with E-state index < -0.39 is 12.1 Å². The van der Waals surface area contributed by atoms with Crippen molar-refractivity contribution < 1.29 is 23.9 Å². The van der Waals surface area contributed by atoms with Gasteiger partial charge in [0.25, 0.3) is 0 Å². The molecule has 0 aliphatic heterocycles. The van der Waals surface area contributed by atoms with Crippen molar-refractivity contribution in [2.24, 2.45) is 0 Å². The van der Waals surface area contributed by atoms with Gasteiger partial charge >= 0.3 is 5.97 Å². The minimum absolute atomic E-state index is 0.115. The van der Waals surface area contributed by atoms with E-state index >= 15 is 0 Å². The lowest BCUT2D eigenvalue weighted by atomic mass is 9.90. The number of allylic oxidation sites excluding steroid dienone is 2. The van der Waals surface area contributed by atoms with Crippen LogP contribution in [0.3, 0.4) is 0 Å². The monoisotopic (exact) mass is 481 g/mol. The van der Waals surface area contributed by atoms with Gasteiger partial charge in [-0.05, 0) is 37.7 Å². The van der Waals surface area contributed by atoms with Crippen LogP contribution >= 0.6 is 11.6 Å². The summed E-state index contributed by atoms with van der Waals surface area (Å²) in [6, 6.07) is 0. The molecule has 1 aliphatic rings. The van der Waals surface area contributed by atoms with Crippen LogP contribution in [0.2, 0.25) is 0 Å². The van der Waals surface area contributed by atoms with Gasteiger partial charge in [-0.25, -0.2) is 0 Å². The number of methoxy groups -OCH3 is 1. The maximum atomic E-state index is 12.6. The number of esters is 1. The second kappa shape index (κ2) is 17.5. The second-order valence-corrected chi connectivity index (χ2v) is 8.59. The average molecular weight is 482 g/mol. The number of halogens is 1. The summed E-state index contributed by atoms with van der Waals surface area (Å²) in [5, 5.41) is 2.81. The zero-order valence-electron chi connectivity index (χ0n) is 20.4. The quantitative estimate of drug-likeness (QED) is 0.177. The minimum atomic E-state index is -0.790. The lowest BCUT2D eigenvalue weighted by molar-refractivity contribution is -0.152. The third-order valence-electron chi connectivity index (χ3n) is 5.66. The molecule has 1 rings (SSSR count). The molecule has 0 saturated carbocycles. The molecule has 0 spiro atoms. The highest BCUT2D eigenvalue weighted by Gasteiger charge is 2.29. The molecule has 0 aromatic carbocycles. The molecule has 1 amide bonds. The number of unbranched alkanes of at least 4 members (excludes halogenated alkanes) is 4. The van der Waals surface area contributed by atoms with Crippen molar-refractivity contribution in [2.45, 2.75) is 96.7 Å². The smallest absolute Gasteiger partial charge is 0.303 e. The molecule has 2 atom stereocenters. The zero-order chi connectivity index (χ0) is 24.5. The van der Waals surface area contributed by atoms with Gasteiger partial charge in [0, 0.05) is 38.1 Å². The fourth-order valence-electron chi connectivity index (χ4n) is 3.75. The summed E-state index contributed by atoms with van der Waals surface area (Å²) in [6.07, 6.45) is 15.5. The van der Waals surface area contributed by atoms with E-state index in [1.165, 1.54) is 44.6 Å². The minimum Gasteiger partial charge on any atom is -0.454 e. The lowest BCUT2D eigenvalue weighted by Gasteiger charge is -2.22. The largest absolute Gasteiger partial charge is 0.454 e. The molecule has 6 nitrogen and oxygen atoms in total. The number of nitrogens with one attached hydrogen (secondary N) is 1. The SMILES string of the molecule is CCCCCCC[C@@H](C/C=C\CCC(=O)NC/C(=C/Cl)C1=CCC[C@@H](OC(C)=O)C1=O)OC. The number of ether oxygens (including phenoxy) is 2. The summed E-state index contributed by atoms with van der Waals surface area (Å²) >= 11 is 5.92. The first-order valence-electron chi connectivity index (χ1n) is 12.1. The van der Waals surface area contributed by atoms with E-state index in [9.17, 15) is 14.4 Å². The number of carbonyl (C=O) groups is 3. The Hall–Kier alpha value is -1.92. The number of carbonyl (C=O) groups excluding carboxylic acids is 3. The van der Waals surface area contributed by atoms with E-state index in [1.807, 2.05) is 6.08 Å². The predicted molar refractivity (Wildman–Crippen MR) is 132 cm³/mol. The fraction of sp³-hybridized carbons (Fsp3) is 0.654. The summed E-state index contributed by atoms with van der Waals surface area (Å²) in [7, 11) is 1.75. The van der Waals surface area contributed by atoms with Gasteiger partial charge in [-0.1, -0.05) is 68.9 Å². The zero-order valence-corrected chi connectivity index (χ0v) is 21.1. The summed E-state index contributed by atoms with van der Waals surface area (Å²) < 4.78 is 10.6. The van der Waals surface area contributed by atoms with Gasteiger partial charge < -0.3 is 14.8 Å². The Morgan fingerprint density at radius 1 is 1.24 bits per heavy atom. The summed E-state index contributed by atoms with van der Waals surface area (Å²) in [6.45, 7) is 3.65. The molecule has 1 aliphatic carbocycles. The van der Waals surface area contributed by atoms with Crippen molar-refractivity contribution in [1.82, 2.24) is 5.32 Å². The Labute approximate surface area is 203 Å². The highest BCUT2D eigenvalue weighted by Crippen LogP contribution is 2.24. The average Bonchev–Trinajstić information content (AvgIpc) is 2.79. The Bertz CT molecular complexity index is 713. The van der Waals surface area contributed by atoms with Crippen molar-refractivity contribution in [3.05, 3.63) is 34.9 Å². The van der Waals surface area contributed by atoms with Crippen LogP contribution in [0.15, 0.2) is 34.9 Å². The van der Waals surface area contributed by atoms with E-state index in [2.05, 4.69) is 18.3 Å². The second-order valence-electron chi connectivity index (χ2n) is 8.37. The Kier molecular flexibility index (Phi) is 15.5. The number of amides is 1. The fourth-order valence-corrected chi connectivity index (χ4v) is 3.94. The van der Waals surface area contributed by atoms with Crippen LogP contribution in [0, 0.1) is 0 Å². The van der Waals surface area contributed by atoms with E-state index in [-0.39, 0.29) is 24.3 Å². The molecular weight excluding hydrogens is 442 g/mol. The summed E-state index contributed by atoms with van der Waals surface area (Å²) in [4.78, 5) is 36.0. The highest BCUT2D eigenvalue weighted by atomic mass is 35.5. The lowest BCUT2D eigenvalue weighted by Crippen LogP contribution is -2.33. The molecule has 0 bridgehead atoms. The molecule has 0 aromatic rings. The molecule has 7 heteroatoms. The normalized spacial score (nSPS) is 17.7. The number of rotatable bonds is 16. The number of ketones is 1. The van der Waals surface area contributed by atoms with Gasteiger partial charge in [0.15, 0.2) is 6.10 Å². The van der Waals surface area contributed by atoms with E-state index in [1.54, 1.807) is 13.2 Å². The van der Waals surface area contributed by atoms with Gasteiger partial charge in [0.2, 0.25) is 11.7 Å². The number of hydrogen-bond donors (Lipinski definition) is 1. The van der Waals surface area contributed by atoms with Crippen molar-refractivity contribution in [3.8, 4) is 0 Å². The van der Waals surface area contributed by atoms with E-state index in [0.717, 1.165) is 12.8 Å². The first-order valence-corrected chi connectivity index (χ1v) is 12.5. The third kappa shape index (κ3) is 12.2.